The van der Waals surface area contributed by atoms with Crippen molar-refractivity contribution in [2.24, 2.45) is 0 Å². The van der Waals surface area contributed by atoms with Crippen molar-refractivity contribution in [3.05, 3.63) is 53.2 Å². The fourth-order valence-electron chi connectivity index (χ4n) is 1.29. The zero-order valence-corrected chi connectivity index (χ0v) is 7.12. The molecule has 1 heterocycles. The van der Waals surface area contributed by atoms with Crippen molar-refractivity contribution in [3.8, 4) is 0 Å². The summed E-state index contributed by atoms with van der Waals surface area (Å²) in [5.74, 6) is 0. The first-order valence-corrected chi connectivity index (χ1v) is 4.11. The monoisotopic (exact) mass is 173 g/mol. The Balaban J connectivity index is 2.87. The summed E-state index contributed by atoms with van der Waals surface area (Å²) in [7, 11) is 0. The van der Waals surface area contributed by atoms with Gasteiger partial charge >= 0.3 is 0 Å². The van der Waals surface area contributed by atoms with Gasteiger partial charge in [0.1, 0.15) is 5.58 Å². The van der Waals surface area contributed by atoms with Gasteiger partial charge in [-0.05, 0) is 25.5 Å². The number of hydrogen-bond donors (Lipinski definition) is 0. The molecule has 2 aromatic rings. The smallest absolute Gasteiger partial charge is 0.195 e. The Bertz CT molecular complexity index is 483. The lowest BCUT2D eigenvalue weighted by Gasteiger charge is -1.97. The molecule has 1 aromatic carbocycles. The van der Waals surface area contributed by atoms with Crippen LogP contribution in [0.25, 0.3) is 11.0 Å². The summed E-state index contributed by atoms with van der Waals surface area (Å²) in [6.45, 7) is 3.66. The molecule has 0 N–H and O–H groups in total. The molecule has 0 fully saturated rings. The van der Waals surface area contributed by atoms with E-state index in [2.05, 4.69) is 6.92 Å². The Morgan fingerprint density at radius 3 is 2.85 bits per heavy atom. The molecule has 0 spiro atoms. The van der Waals surface area contributed by atoms with E-state index in [9.17, 15) is 4.79 Å². The predicted octanol–water partition coefficient (Wildman–Crippen LogP) is 2.17. The van der Waals surface area contributed by atoms with E-state index in [0.29, 0.717) is 23.0 Å². The van der Waals surface area contributed by atoms with Gasteiger partial charge in [-0.15, -0.1) is 0 Å². The highest BCUT2D eigenvalue weighted by atomic mass is 16.3. The van der Waals surface area contributed by atoms with Crippen molar-refractivity contribution in [3.63, 3.8) is 0 Å². The van der Waals surface area contributed by atoms with Crippen LogP contribution >= 0.6 is 0 Å². The predicted molar refractivity (Wildman–Crippen MR) is 51.5 cm³/mol. The van der Waals surface area contributed by atoms with Crippen molar-refractivity contribution in [1.82, 2.24) is 0 Å². The molecular formula is C11H9O2. The molecule has 1 radical (unpaired) electrons. The molecule has 0 atom stereocenters. The second kappa shape index (κ2) is 3.05. The molecule has 0 aliphatic carbocycles. The van der Waals surface area contributed by atoms with E-state index >= 15 is 0 Å². The summed E-state index contributed by atoms with van der Waals surface area (Å²) in [4.78, 5) is 11.7. The number of fused-ring (bicyclic) bond motifs is 1. The molecule has 0 bridgehead atoms. The van der Waals surface area contributed by atoms with Crippen LogP contribution in [0.2, 0.25) is 0 Å². The Hall–Kier alpha value is -1.57. The summed E-state index contributed by atoms with van der Waals surface area (Å²) >= 11 is 0. The van der Waals surface area contributed by atoms with Gasteiger partial charge in [-0.1, -0.05) is 12.1 Å². The van der Waals surface area contributed by atoms with Crippen molar-refractivity contribution in [2.45, 2.75) is 6.42 Å². The molecule has 1 aromatic heterocycles. The van der Waals surface area contributed by atoms with E-state index in [1.807, 2.05) is 12.1 Å². The first-order valence-electron chi connectivity index (χ1n) is 4.11. The van der Waals surface area contributed by atoms with Gasteiger partial charge in [0.2, 0.25) is 0 Å². The van der Waals surface area contributed by atoms with Crippen LogP contribution in [0.5, 0.6) is 0 Å². The van der Waals surface area contributed by atoms with E-state index in [4.69, 9.17) is 4.42 Å². The average Bonchev–Trinajstić information content (AvgIpc) is 2.19. The summed E-state index contributed by atoms with van der Waals surface area (Å²) < 4.78 is 5.27. The molecule has 65 valence electrons. The maximum Gasteiger partial charge on any atom is 0.195 e. The van der Waals surface area contributed by atoms with E-state index in [1.54, 1.807) is 12.1 Å². The lowest BCUT2D eigenvalue weighted by atomic mass is 10.1. The van der Waals surface area contributed by atoms with Crippen LogP contribution < -0.4 is 5.43 Å². The SMILES string of the molecule is [CH2]Cc1coc2ccccc2c1=O. The summed E-state index contributed by atoms with van der Waals surface area (Å²) in [6, 6.07) is 7.21. The van der Waals surface area contributed by atoms with Crippen molar-refractivity contribution in [1.29, 1.82) is 0 Å². The van der Waals surface area contributed by atoms with Crippen molar-refractivity contribution < 1.29 is 4.42 Å². The number of para-hydroxylation sites is 1. The molecule has 0 saturated heterocycles. The number of benzene rings is 1. The Morgan fingerprint density at radius 1 is 1.31 bits per heavy atom. The summed E-state index contributed by atoms with van der Waals surface area (Å²) in [6.07, 6.45) is 1.95. The lowest BCUT2D eigenvalue weighted by molar-refractivity contribution is 0.595. The molecule has 0 aliphatic heterocycles. The summed E-state index contributed by atoms with van der Waals surface area (Å²) in [5, 5.41) is 0.628. The molecular weight excluding hydrogens is 164 g/mol. The molecule has 0 aliphatic rings. The van der Waals surface area contributed by atoms with Crippen LogP contribution in [-0.2, 0) is 6.42 Å². The Morgan fingerprint density at radius 2 is 2.08 bits per heavy atom. The highest BCUT2D eigenvalue weighted by Gasteiger charge is 2.03. The standard InChI is InChI=1S/C11H9O2/c1-2-8-7-13-10-6-4-3-5-9(10)11(8)12/h3-7H,1-2H2. The number of rotatable bonds is 1. The highest BCUT2D eigenvalue weighted by molar-refractivity contribution is 5.76. The van der Waals surface area contributed by atoms with Gasteiger partial charge in [0.05, 0.1) is 11.6 Å². The van der Waals surface area contributed by atoms with Gasteiger partial charge in [-0.2, -0.15) is 0 Å². The molecule has 2 rings (SSSR count). The maximum absolute atomic E-state index is 11.7. The molecule has 2 nitrogen and oxygen atoms in total. The minimum atomic E-state index is 0.0249. The molecule has 2 heteroatoms. The van der Waals surface area contributed by atoms with Crippen molar-refractivity contribution in [2.75, 3.05) is 0 Å². The van der Waals surface area contributed by atoms with Gasteiger partial charge in [0.25, 0.3) is 0 Å². The van der Waals surface area contributed by atoms with Crippen LogP contribution in [0.4, 0.5) is 0 Å². The maximum atomic E-state index is 11.7. The second-order valence-electron chi connectivity index (χ2n) is 2.84. The quantitative estimate of drug-likeness (QED) is 0.661. The normalized spacial score (nSPS) is 10.5. The average molecular weight is 173 g/mol. The first-order chi connectivity index (χ1) is 6.33. The third-order valence-electron chi connectivity index (χ3n) is 2.02. The van der Waals surface area contributed by atoms with E-state index in [0.717, 1.165) is 0 Å². The third kappa shape index (κ3) is 1.24. The highest BCUT2D eigenvalue weighted by Crippen LogP contribution is 2.10. The minimum Gasteiger partial charge on any atom is -0.464 e. The molecule has 0 amide bonds. The summed E-state index contributed by atoms with van der Waals surface area (Å²) in [5.41, 5.74) is 1.28. The zero-order chi connectivity index (χ0) is 9.26. The Labute approximate surface area is 75.8 Å². The van der Waals surface area contributed by atoms with E-state index in [1.165, 1.54) is 6.26 Å². The van der Waals surface area contributed by atoms with Gasteiger partial charge in [0.15, 0.2) is 5.43 Å². The molecule has 0 unspecified atom stereocenters. The second-order valence-corrected chi connectivity index (χ2v) is 2.84. The van der Waals surface area contributed by atoms with Gasteiger partial charge < -0.3 is 4.42 Å². The molecule has 13 heavy (non-hydrogen) atoms. The fourth-order valence-corrected chi connectivity index (χ4v) is 1.29. The van der Waals surface area contributed by atoms with Crippen LogP contribution in [-0.4, -0.2) is 0 Å². The van der Waals surface area contributed by atoms with Gasteiger partial charge in [-0.25, -0.2) is 0 Å². The van der Waals surface area contributed by atoms with Crippen LogP contribution in [0.1, 0.15) is 5.56 Å². The van der Waals surface area contributed by atoms with E-state index < -0.39 is 0 Å². The van der Waals surface area contributed by atoms with Crippen molar-refractivity contribution >= 4 is 11.0 Å². The molecule has 0 saturated carbocycles. The van der Waals surface area contributed by atoms with Crippen LogP contribution in [0.15, 0.2) is 39.7 Å². The van der Waals surface area contributed by atoms with Crippen LogP contribution in [0, 0.1) is 6.92 Å². The minimum absolute atomic E-state index is 0.0249. The third-order valence-corrected chi connectivity index (χ3v) is 2.02. The largest absolute Gasteiger partial charge is 0.464 e. The lowest BCUT2D eigenvalue weighted by Crippen LogP contribution is -2.07. The fraction of sp³-hybridized carbons (Fsp3) is 0.0909. The first kappa shape index (κ1) is 8.05. The zero-order valence-electron chi connectivity index (χ0n) is 7.12. The Kier molecular flexibility index (Phi) is 1.89. The number of hydrogen-bond acceptors (Lipinski definition) is 2. The topological polar surface area (TPSA) is 30.2 Å². The van der Waals surface area contributed by atoms with Gasteiger partial charge in [-0.3, -0.25) is 4.79 Å². The van der Waals surface area contributed by atoms with Gasteiger partial charge in [0, 0.05) is 5.56 Å². The van der Waals surface area contributed by atoms with E-state index in [-0.39, 0.29) is 5.43 Å². The van der Waals surface area contributed by atoms with Crippen LogP contribution in [0.3, 0.4) is 0 Å².